The van der Waals surface area contributed by atoms with Crippen LogP contribution in [0.3, 0.4) is 0 Å². The number of thioether (sulfide) groups is 1. The van der Waals surface area contributed by atoms with Crippen molar-refractivity contribution in [2.75, 3.05) is 82.9 Å². The molecule has 29 heteroatoms. The summed E-state index contributed by atoms with van der Waals surface area (Å²) in [6.45, 7) is 30.2. The van der Waals surface area contributed by atoms with Gasteiger partial charge in [-0.3, -0.25) is 13.8 Å². The fourth-order valence-corrected chi connectivity index (χ4v) is 20.6. The van der Waals surface area contributed by atoms with Crippen LogP contribution in [0.1, 0.15) is 234 Å². The van der Waals surface area contributed by atoms with Crippen molar-refractivity contribution in [3.05, 3.63) is 268 Å². The maximum Gasteiger partial charge on any atom is 0.495 e. The molecule has 4 atom stereocenters. The lowest BCUT2D eigenvalue weighted by atomic mass is 9.75. The summed E-state index contributed by atoms with van der Waals surface area (Å²) in [5, 5.41) is 8.71. The van der Waals surface area contributed by atoms with Crippen LogP contribution in [0.15, 0.2) is 139 Å². The summed E-state index contributed by atoms with van der Waals surface area (Å²) in [7, 11) is -6.91. The number of hydrogen-bond donors (Lipinski definition) is 1. The molecule has 9 aromatic rings. The highest BCUT2D eigenvalue weighted by molar-refractivity contribution is 9.11. The van der Waals surface area contributed by atoms with Gasteiger partial charge in [0.15, 0.2) is 0 Å². The molecule has 3 aliphatic heterocycles. The Balaban J connectivity index is 0.000000211. The Morgan fingerprint density at radius 1 is 0.481 bits per heavy atom. The number of hydrogen-bond acceptors (Lipinski definition) is 19. The van der Waals surface area contributed by atoms with E-state index < -0.39 is 60.3 Å². The number of sulfone groups is 2. The maximum absolute atomic E-state index is 15.3. The zero-order valence-electron chi connectivity index (χ0n) is 81.0. The lowest BCUT2D eigenvalue weighted by Gasteiger charge is -2.32. The molecule has 0 spiro atoms. The summed E-state index contributed by atoms with van der Waals surface area (Å²) in [5.41, 5.74) is 25.5. The molecule has 135 heavy (non-hydrogen) atoms. The predicted octanol–water partition coefficient (Wildman–Crippen LogP) is 24.4. The first-order chi connectivity index (χ1) is 63.0. The van der Waals surface area contributed by atoms with Crippen molar-refractivity contribution in [1.82, 2.24) is 0 Å². The fraction of sp³-hybridized carbons (Fsp3) is 0.472. The highest BCUT2D eigenvalue weighted by Crippen LogP contribution is 2.48. The average Bonchev–Trinajstić information content (AvgIpc) is 1.62. The van der Waals surface area contributed by atoms with Gasteiger partial charge in [0.05, 0.1) is 75.8 Å². The lowest BCUT2D eigenvalue weighted by molar-refractivity contribution is -0.142. The van der Waals surface area contributed by atoms with Gasteiger partial charge in [-0.1, -0.05) is 156 Å². The fourth-order valence-electron chi connectivity index (χ4n) is 17.5. The number of fused-ring (bicyclic) bond motifs is 4. The number of carbonyl (C=O) groups excluding carboxylic acids is 2. The maximum atomic E-state index is 15.3. The molecule has 14 rings (SSSR count). The molecule has 0 unspecified atom stereocenters. The van der Waals surface area contributed by atoms with Gasteiger partial charge in [0.2, 0.25) is 0 Å². The van der Waals surface area contributed by atoms with E-state index >= 15 is 8.78 Å². The van der Waals surface area contributed by atoms with Crippen molar-refractivity contribution < 1.29 is 90.6 Å². The molecule has 1 saturated heterocycles. The van der Waals surface area contributed by atoms with E-state index in [1.807, 2.05) is 95.8 Å². The third-order valence-electron chi connectivity index (χ3n) is 24.8. The third-order valence-corrected chi connectivity index (χ3v) is 33.2. The van der Waals surface area contributed by atoms with Gasteiger partial charge in [-0.15, -0.1) is 0 Å². The zero-order chi connectivity index (χ0) is 98.6. The predicted molar refractivity (Wildman–Crippen MR) is 558 cm³/mol. The number of benzene rings is 9. The molecular weight excluding hydrogens is 2060 g/mol. The quantitative estimate of drug-likeness (QED) is 0.0190. The Labute approximate surface area is 840 Å². The molecule has 3 heterocycles. The van der Waals surface area contributed by atoms with E-state index in [0.29, 0.717) is 98.7 Å². The number of rotatable bonds is 30. The molecule has 18 nitrogen and oxygen atoms in total. The Kier molecular flexibility index (Phi) is 42.7. The van der Waals surface area contributed by atoms with E-state index in [-0.39, 0.29) is 80.4 Å². The molecule has 5 aliphatic rings. The number of methoxy groups -OCH3 is 2. The van der Waals surface area contributed by atoms with Crippen LogP contribution in [0.25, 0.3) is 11.1 Å². The summed E-state index contributed by atoms with van der Waals surface area (Å²) in [5.74, 6) is 3.09. The summed E-state index contributed by atoms with van der Waals surface area (Å²) in [6, 6.07) is 39.4. The molecule has 0 radical (unpaired) electrons. The number of aliphatic hydroxyl groups excluding tert-OH is 1. The summed E-state index contributed by atoms with van der Waals surface area (Å²) >= 11 is 16.1. The third kappa shape index (κ3) is 32.5. The molecule has 0 aromatic heterocycles. The first-order valence-electron chi connectivity index (χ1n) is 45.4. The van der Waals surface area contributed by atoms with Gasteiger partial charge in [-0.2, -0.15) is 20.2 Å². The molecule has 0 saturated carbocycles. The van der Waals surface area contributed by atoms with Crippen molar-refractivity contribution in [3.63, 3.8) is 0 Å². The van der Waals surface area contributed by atoms with E-state index in [9.17, 15) is 34.8 Å². The summed E-state index contributed by atoms with van der Waals surface area (Å²) in [4.78, 5) is 23.4. The molecule has 0 bridgehead atoms. The Hall–Kier alpha value is -7.00. The number of aliphatic hydroxyl groups is 1. The van der Waals surface area contributed by atoms with Crippen LogP contribution >= 0.6 is 75.5 Å². The molecule has 9 aromatic carbocycles. The van der Waals surface area contributed by atoms with Crippen LogP contribution in [0.2, 0.25) is 0 Å². The van der Waals surface area contributed by atoms with E-state index in [1.54, 1.807) is 6.07 Å². The van der Waals surface area contributed by atoms with Crippen molar-refractivity contribution >= 4 is 130 Å². The van der Waals surface area contributed by atoms with Crippen molar-refractivity contribution in [2.45, 2.75) is 242 Å². The summed E-state index contributed by atoms with van der Waals surface area (Å²) < 4.78 is 152. The second-order valence-corrected chi connectivity index (χ2v) is 47.0. The van der Waals surface area contributed by atoms with Gasteiger partial charge in [0, 0.05) is 83.2 Å². The topological polar surface area (TPSA) is 240 Å². The zero-order valence-corrected chi connectivity index (χ0v) is 90.6. The van der Waals surface area contributed by atoms with Crippen LogP contribution in [0.5, 0.6) is 23.0 Å². The molecule has 0 amide bonds. The van der Waals surface area contributed by atoms with Crippen LogP contribution in [0.4, 0.5) is 8.78 Å². The summed E-state index contributed by atoms with van der Waals surface area (Å²) in [6.07, 6.45) is 16.8. The number of carbonyl (C=O) groups is 2. The van der Waals surface area contributed by atoms with Crippen LogP contribution in [-0.4, -0.2) is 144 Å². The largest absolute Gasteiger partial charge is 0.495 e. The van der Waals surface area contributed by atoms with Crippen LogP contribution < -0.4 is 24.4 Å². The molecule has 736 valence electrons. The molecule has 1 N–H and O–H groups in total. The highest BCUT2D eigenvalue weighted by Gasteiger charge is 2.53. The Morgan fingerprint density at radius 2 is 0.830 bits per heavy atom. The first-order valence-corrected chi connectivity index (χ1v) is 55.9. The van der Waals surface area contributed by atoms with E-state index in [1.165, 1.54) is 133 Å². The van der Waals surface area contributed by atoms with Crippen molar-refractivity contribution in [3.8, 4) is 34.1 Å². The second-order valence-electron chi connectivity index (χ2n) is 36.7. The van der Waals surface area contributed by atoms with Crippen LogP contribution in [-0.2, 0) is 107 Å². The minimum atomic E-state index is -3.31. The molecule has 1 fully saturated rings. The SMILES string of the molecule is C.COC(=O)C[C@@H]1COc2cc(O[C@@H]3CCc4c(-c5c(C)cc(CCCS(C)(=O)=O)cc5C)ccc(F)c43)ccc21.COC(=O)C[C@@H]1COc2cc(O[C@@H]3CCc4c(B5OC(C)(C)C(C)(C)O5)ccc(F)c43)ccc21.CSCCCc1cc(C)c(Br)c(C)c1.Cc1cc(CCCO)cc(C)c1Br.Cc1cc(CCCOS(C)(=O)=O)cc(C)c1Br.Cc1cc(CCCS(C)(=O)=O)cc(C)c1Br. The Morgan fingerprint density at radius 3 is 1.19 bits per heavy atom. The number of aryl methyl sites for hydroxylation is 15. The number of halogens is 6. The first kappa shape index (κ1) is 113. The van der Waals surface area contributed by atoms with Crippen LogP contribution in [0, 0.1) is 80.9 Å². The second kappa shape index (κ2) is 50.9. The normalized spacial score (nSPS) is 16.2. The van der Waals surface area contributed by atoms with Gasteiger partial charge < -0.3 is 42.8 Å². The van der Waals surface area contributed by atoms with E-state index in [4.69, 9.17) is 47.0 Å². The van der Waals surface area contributed by atoms with Gasteiger partial charge in [-0.05, 0) is 334 Å². The number of ether oxygens (including phenoxy) is 6. The van der Waals surface area contributed by atoms with Gasteiger partial charge in [-0.25, -0.2) is 25.6 Å². The van der Waals surface area contributed by atoms with Gasteiger partial charge in [0.25, 0.3) is 10.1 Å². The standard InChI is InChI=1S/C32H35FO6S.C26H30BFO6.C12H17BrO3S.C12H17BrO2S.C12H17BrS.C11H15BrO.CH4/c1-19-14-21(6-5-13-40(4,35)36)15-20(2)31(19)25-9-11-27(33)32-26(25)10-12-28(32)39-23-7-8-24-22(16-30(34)37-3)18-38-29(24)17-23;1-25(2)26(3,4)34-27(33-25)19-9-10-20(28)24-18(19)8-11-21(24)32-16-6-7-17-15(12-23(29)30-5)14-31-22(17)13-16;1-9-7-11(8-10(2)12(9)13)5-4-6-16-17(3,14)15;1-9-7-11(8-10(2)12(9)13)5-4-6-16(3,14)15;1-9-7-11(5-4-6-14-3)8-10(2)12(9)13;1-8-6-10(4-3-5-13)7-9(2)11(8)12;/h7-9,11,14-15,17,22,28H,5-6,10,12-13,16,18H2,1-4H3;6-7,9-10,13,15,21H,8,11-12,14H2,1-5H3;7-8H,4-6H2,1-3H3;7-8H,4-6H2,1-3H3;7-8H,4-6H2,1-3H3;6-7,13H,3-5H2,1-2H3;1H4/t22-,28-;15-,21-;;;;;/m11...../s1. The molecule has 2 aliphatic carbocycles. The number of esters is 2. The van der Waals surface area contributed by atoms with E-state index in [2.05, 4.69) is 186 Å². The molecular formula is C106H135BBr4F2O18S4. The van der Waals surface area contributed by atoms with Crippen molar-refractivity contribution in [2.24, 2.45) is 0 Å². The van der Waals surface area contributed by atoms with Gasteiger partial charge >= 0.3 is 19.1 Å². The monoisotopic (exact) mass is 2190 g/mol. The Bertz CT molecular complexity index is 5880. The smallest absolute Gasteiger partial charge is 0.492 e. The van der Waals surface area contributed by atoms with E-state index in [0.717, 1.165) is 96.4 Å². The minimum absolute atomic E-state index is 0. The van der Waals surface area contributed by atoms with Crippen molar-refractivity contribution in [1.29, 1.82) is 0 Å². The average molecular weight is 2190 g/mol. The minimum Gasteiger partial charge on any atom is -0.492 e. The van der Waals surface area contributed by atoms with Gasteiger partial charge in [0.1, 0.15) is 66.5 Å². The lowest BCUT2D eigenvalue weighted by Crippen LogP contribution is -2.41. The highest BCUT2D eigenvalue weighted by atomic mass is 79.9.